The lowest BCUT2D eigenvalue weighted by atomic mass is 10.0. The first-order valence-corrected chi connectivity index (χ1v) is 7.70. The van der Waals surface area contributed by atoms with Gasteiger partial charge in [-0.1, -0.05) is 18.2 Å². The molecule has 2 N–H and O–H groups in total. The van der Waals surface area contributed by atoms with E-state index in [4.69, 9.17) is 0 Å². The van der Waals surface area contributed by atoms with Crippen LogP contribution >= 0.6 is 11.3 Å². The molecule has 1 saturated heterocycles. The van der Waals surface area contributed by atoms with Crippen LogP contribution in [0.4, 0.5) is 4.39 Å². The Morgan fingerprint density at radius 1 is 1.45 bits per heavy atom. The zero-order valence-corrected chi connectivity index (χ0v) is 11.9. The molecule has 2 heterocycles. The first kappa shape index (κ1) is 13.5. The Bertz CT molecular complexity index is 619. The summed E-state index contributed by atoms with van der Waals surface area (Å²) >= 11 is 1.70. The third-order valence-corrected chi connectivity index (χ3v) is 4.76. The lowest BCUT2D eigenvalue weighted by Crippen LogP contribution is -2.45. The van der Waals surface area contributed by atoms with Crippen molar-refractivity contribution in [1.29, 1.82) is 0 Å². The summed E-state index contributed by atoms with van der Waals surface area (Å²) in [5, 5.41) is 8.94. The standard InChI is InChI=1S/C15H17FN2OS/c16-15(6-8-17-10-15)14(19)18-7-5-11-9-20-13-4-2-1-3-12(11)13/h1-4,9,17H,5-8,10H2,(H,18,19). The second kappa shape index (κ2) is 5.50. The van der Waals surface area contributed by atoms with Crippen LogP contribution in [-0.2, 0) is 11.2 Å². The number of hydrogen-bond donors (Lipinski definition) is 2. The minimum absolute atomic E-state index is 0.125. The smallest absolute Gasteiger partial charge is 0.259 e. The van der Waals surface area contributed by atoms with Crippen LogP contribution in [0.2, 0.25) is 0 Å². The Kier molecular flexibility index (Phi) is 3.72. The molecule has 1 aromatic carbocycles. The Morgan fingerprint density at radius 3 is 3.10 bits per heavy atom. The summed E-state index contributed by atoms with van der Waals surface area (Å²) in [4.78, 5) is 11.8. The summed E-state index contributed by atoms with van der Waals surface area (Å²) in [5.74, 6) is -0.484. The number of hydrogen-bond acceptors (Lipinski definition) is 3. The van der Waals surface area contributed by atoms with Gasteiger partial charge in [-0.3, -0.25) is 4.79 Å². The highest BCUT2D eigenvalue weighted by Gasteiger charge is 2.41. The van der Waals surface area contributed by atoms with E-state index in [0.717, 1.165) is 6.42 Å². The molecule has 0 spiro atoms. The summed E-state index contributed by atoms with van der Waals surface area (Å²) in [7, 11) is 0. The van der Waals surface area contributed by atoms with Crippen molar-refractivity contribution in [2.45, 2.75) is 18.5 Å². The van der Waals surface area contributed by atoms with Crippen LogP contribution in [0, 0.1) is 0 Å². The molecule has 1 aliphatic rings. The van der Waals surface area contributed by atoms with E-state index in [9.17, 15) is 9.18 Å². The molecule has 1 fully saturated rings. The van der Waals surface area contributed by atoms with Crippen molar-refractivity contribution in [2.75, 3.05) is 19.6 Å². The third-order valence-electron chi connectivity index (χ3n) is 3.75. The van der Waals surface area contributed by atoms with E-state index in [1.54, 1.807) is 11.3 Å². The number of nitrogens with one attached hydrogen (secondary N) is 2. The highest BCUT2D eigenvalue weighted by atomic mass is 32.1. The second-order valence-electron chi connectivity index (χ2n) is 5.16. The molecule has 1 aromatic heterocycles. The molecule has 3 rings (SSSR count). The summed E-state index contributed by atoms with van der Waals surface area (Å²) in [6, 6.07) is 8.20. The number of carbonyl (C=O) groups is 1. The average molecular weight is 292 g/mol. The highest BCUT2D eigenvalue weighted by molar-refractivity contribution is 7.17. The zero-order chi connectivity index (χ0) is 14.0. The minimum atomic E-state index is -1.73. The van der Waals surface area contributed by atoms with Gasteiger partial charge in [-0.05, 0) is 35.4 Å². The molecule has 2 aromatic rings. The van der Waals surface area contributed by atoms with Gasteiger partial charge in [0.15, 0.2) is 0 Å². The lowest BCUT2D eigenvalue weighted by molar-refractivity contribution is -0.131. The molecule has 0 radical (unpaired) electrons. The normalized spacial score (nSPS) is 22.2. The Labute approximate surface area is 121 Å². The number of amides is 1. The van der Waals surface area contributed by atoms with Crippen molar-refractivity contribution < 1.29 is 9.18 Å². The van der Waals surface area contributed by atoms with Crippen molar-refractivity contribution in [2.24, 2.45) is 0 Å². The predicted molar refractivity (Wildman–Crippen MR) is 79.9 cm³/mol. The molecular formula is C15H17FN2OS. The van der Waals surface area contributed by atoms with E-state index >= 15 is 0 Å². The fourth-order valence-corrected chi connectivity index (χ4v) is 3.55. The lowest BCUT2D eigenvalue weighted by Gasteiger charge is -2.17. The maximum Gasteiger partial charge on any atom is 0.259 e. The van der Waals surface area contributed by atoms with Crippen molar-refractivity contribution in [3.8, 4) is 0 Å². The van der Waals surface area contributed by atoms with Crippen molar-refractivity contribution in [3.05, 3.63) is 35.2 Å². The van der Waals surface area contributed by atoms with Gasteiger partial charge in [-0.25, -0.2) is 4.39 Å². The molecule has 1 amide bonds. The van der Waals surface area contributed by atoms with E-state index in [0.29, 0.717) is 13.1 Å². The minimum Gasteiger partial charge on any atom is -0.353 e. The Morgan fingerprint density at radius 2 is 2.30 bits per heavy atom. The number of halogens is 1. The number of thiophene rings is 1. The molecule has 0 aliphatic carbocycles. The van der Waals surface area contributed by atoms with E-state index in [1.165, 1.54) is 15.6 Å². The Hall–Kier alpha value is -1.46. The molecule has 1 aliphatic heterocycles. The van der Waals surface area contributed by atoms with Crippen molar-refractivity contribution in [3.63, 3.8) is 0 Å². The molecule has 1 atom stereocenters. The van der Waals surface area contributed by atoms with Crippen molar-refractivity contribution >= 4 is 27.3 Å². The SMILES string of the molecule is O=C(NCCc1csc2ccccc12)C1(F)CCNC1. The van der Waals surface area contributed by atoms with Gasteiger partial charge in [0.1, 0.15) is 0 Å². The third kappa shape index (κ3) is 2.55. The van der Waals surface area contributed by atoms with Crippen LogP contribution < -0.4 is 10.6 Å². The first-order valence-electron chi connectivity index (χ1n) is 6.82. The fraction of sp³-hybridized carbons (Fsp3) is 0.400. The fourth-order valence-electron chi connectivity index (χ4n) is 2.55. The number of rotatable bonds is 4. The summed E-state index contributed by atoms with van der Waals surface area (Å²) in [5.41, 5.74) is -0.514. The van der Waals surface area contributed by atoms with Gasteiger partial charge in [0.2, 0.25) is 5.67 Å². The number of benzene rings is 1. The summed E-state index contributed by atoms with van der Waals surface area (Å²) < 4.78 is 15.4. The predicted octanol–water partition coefficient (Wildman–Crippen LogP) is 2.26. The van der Waals surface area contributed by atoms with Gasteiger partial charge in [-0.2, -0.15) is 0 Å². The van der Waals surface area contributed by atoms with Crippen LogP contribution in [0.5, 0.6) is 0 Å². The van der Waals surface area contributed by atoms with Crippen molar-refractivity contribution in [1.82, 2.24) is 10.6 Å². The molecule has 0 bridgehead atoms. The number of alkyl halides is 1. The van der Waals surface area contributed by atoms with E-state index in [-0.39, 0.29) is 13.0 Å². The highest BCUT2D eigenvalue weighted by Crippen LogP contribution is 2.26. The second-order valence-corrected chi connectivity index (χ2v) is 6.07. The average Bonchev–Trinajstić information content (AvgIpc) is 3.07. The maximum atomic E-state index is 14.2. The zero-order valence-electron chi connectivity index (χ0n) is 11.1. The largest absolute Gasteiger partial charge is 0.353 e. The molecule has 0 saturated carbocycles. The topological polar surface area (TPSA) is 41.1 Å². The van der Waals surface area contributed by atoms with Gasteiger partial charge in [-0.15, -0.1) is 11.3 Å². The Balaban J connectivity index is 1.59. The van der Waals surface area contributed by atoms with Crippen LogP contribution in [0.15, 0.2) is 29.6 Å². The van der Waals surface area contributed by atoms with Crippen LogP contribution in [-0.4, -0.2) is 31.2 Å². The molecule has 20 heavy (non-hydrogen) atoms. The van der Waals surface area contributed by atoms with Crippen LogP contribution in [0.1, 0.15) is 12.0 Å². The van der Waals surface area contributed by atoms with Gasteiger partial charge < -0.3 is 10.6 Å². The summed E-state index contributed by atoms with van der Waals surface area (Å²) in [6.45, 7) is 1.17. The molecule has 5 heteroatoms. The quantitative estimate of drug-likeness (QED) is 0.907. The number of carbonyl (C=O) groups excluding carboxylic acids is 1. The molecule has 3 nitrogen and oxygen atoms in total. The first-order chi connectivity index (χ1) is 9.69. The molecule has 1 unspecified atom stereocenters. The van der Waals surface area contributed by atoms with Gasteiger partial charge in [0, 0.05) is 24.2 Å². The molecular weight excluding hydrogens is 275 g/mol. The van der Waals surface area contributed by atoms with E-state index < -0.39 is 11.6 Å². The van der Waals surface area contributed by atoms with Crippen LogP contribution in [0.25, 0.3) is 10.1 Å². The van der Waals surface area contributed by atoms with E-state index in [1.807, 2.05) is 12.1 Å². The van der Waals surface area contributed by atoms with Gasteiger partial charge >= 0.3 is 0 Å². The molecule has 106 valence electrons. The van der Waals surface area contributed by atoms with Crippen LogP contribution in [0.3, 0.4) is 0 Å². The number of fused-ring (bicyclic) bond motifs is 1. The summed E-state index contributed by atoms with van der Waals surface area (Å²) in [6.07, 6.45) is 0.999. The maximum absolute atomic E-state index is 14.2. The monoisotopic (exact) mass is 292 g/mol. The van der Waals surface area contributed by atoms with Gasteiger partial charge in [0.05, 0.1) is 0 Å². The van der Waals surface area contributed by atoms with E-state index in [2.05, 4.69) is 28.1 Å². The van der Waals surface area contributed by atoms with Gasteiger partial charge in [0.25, 0.3) is 5.91 Å².